The number of likely N-dealkylation sites (N-methyl/N-ethyl adjacent to an activating group) is 1. The van der Waals surface area contributed by atoms with Crippen LogP contribution in [0.1, 0.15) is 36.7 Å². The first-order valence-electron chi connectivity index (χ1n) is 6.70. The average Bonchev–Trinajstić information content (AvgIpc) is 2.37. The highest BCUT2D eigenvalue weighted by molar-refractivity contribution is 5.96. The van der Waals surface area contributed by atoms with Gasteiger partial charge in [0.1, 0.15) is 5.82 Å². The third kappa shape index (κ3) is 4.33. The number of nitrogens with zero attached hydrogens (tertiary/aromatic N) is 1. The van der Waals surface area contributed by atoms with Crippen molar-refractivity contribution in [3.05, 3.63) is 35.1 Å². The zero-order chi connectivity index (χ0) is 15.3. The Morgan fingerprint density at radius 3 is 2.50 bits per heavy atom. The fraction of sp³-hybridized carbons (Fsp3) is 0.467. The number of carbonyl (C=O) groups is 2. The molecule has 1 rings (SSSR count). The summed E-state index contributed by atoms with van der Waals surface area (Å²) in [7, 11) is 0. The molecule has 0 fully saturated rings. The third-order valence-electron chi connectivity index (χ3n) is 2.86. The van der Waals surface area contributed by atoms with E-state index in [0.29, 0.717) is 17.7 Å². The summed E-state index contributed by atoms with van der Waals surface area (Å²) in [5.41, 5.74) is 0.807. The molecule has 20 heavy (non-hydrogen) atoms. The van der Waals surface area contributed by atoms with Gasteiger partial charge in [-0.05, 0) is 51.5 Å². The summed E-state index contributed by atoms with van der Waals surface area (Å²) in [4.78, 5) is 25.4. The van der Waals surface area contributed by atoms with E-state index < -0.39 is 0 Å². The average molecular weight is 280 g/mol. The molecular formula is C15H21FN2O2. The minimum absolute atomic E-state index is 0.00391. The quantitative estimate of drug-likeness (QED) is 0.898. The Kier molecular flexibility index (Phi) is 5.67. The molecule has 0 saturated carbocycles. The molecule has 0 radical (unpaired) electrons. The predicted molar refractivity (Wildman–Crippen MR) is 76.0 cm³/mol. The first kappa shape index (κ1) is 16.1. The second-order valence-electron chi connectivity index (χ2n) is 5.01. The molecular weight excluding hydrogens is 259 g/mol. The van der Waals surface area contributed by atoms with Gasteiger partial charge in [0.25, 0.3) is 5.91 Å². The first-order valence-corrected chi connectivity index (χ1v) is 6.70. The molecule has 0 saturated heterocycles. The van der Waals surface area contributed by atoms with Crippen molar-refractivity contribution >= 4 is 11.8 Å². The minimum atomic E-state index is -0.345. The number of rotatable bonds is 5. The molecule has 4 nitrogen and oxygen atoms in total. The van der Waals surface area contributed by atoms with E-state index in [4.69, 9.17) is 0 Å². The Morgan fingerprint density at radius 1 is 1.35 bits per heavy atom. The Balaban J connectivity index is 2.81. The third-order valence-corrected chi connectivity index (χ3v) is 2.86. The van der Waals surface area contributed by atoms with Gasteiger partial charge in [0, 0.05) is 18.2 Å². The number of benzene rings is 1. The zero-order valence-corrected chi connectivity index (χ0v) is 12.4. The molecule has 5 heteroatoms. The highest BCUT2D eigenvalue weighted by Gasteiger charge is 2.18. The van der Waals surface area contributed by atoms with Gasteiger partial charge in [-0.3, -0.25) is 9.59 Å². The van der Waals surface area contributed by atoms with Gasteiger partial charge in [-0.25, -0.2) is 4.39 Å². The fourth-order valence-electron chi connectivity index (χ4n) is 1.83. The number of halogens is 1. The lowest BCUT2D eigenvalue weighted by molar-refractivity contribution is -0.122. The molecule has 0 unspecified atom stereocenters. The smallest absolute Gasteiger partial charge is 0.254 e. The maximum atomic E-state index is 13.2. The normalized spacial score (nSPS) is 10.5. The Hall–Kier alpha value is -1.91. The summed E-state index contributed by atoms with van der Waals surface area (Å²) in [6.45, 7) is 7.55. The van der Waals surface area contributed by atoms with E-state index >= 15 is 0 Å². The van der Waals surface area contributed by atoms with Crippen molar-refractivity contribution in [3.8, 4) is 0 Å². The molecule has 2 amide bonds. The van der Waals surface area contributed by atoms with Crippen LogP contribution < -0.4 is 5.32 Å². The number of carbonyl (C=O) groups excluding carboxylic acids is 2. The molecule has 0 spiro atoms. The van der Waals surface area contributed by atoms with Crippen LogP contribution in [0.4, 0.5) is 4.39 Å². The second-order valence-corrected chi connectivity index (χ2v) is 5.01. The van der Waals surface area contributed by atoms with Crippen LogP contribution in [0.15, 0.2) is 18.2 Å². The van der Waals surface area contributed by atoms with Crippen molar-refractivity contribution in [3.63, 3.8) is 0 Å². The second kappa shape index (κ2) is 7.03. The number of aryl methyl sites for hydroxylation is 1. The Bertz CT molecular complexity index is 501. The van der Waals surface area contributed by atoms with Crippen LogP contribution in [0.3, 0.4) is 0 Å². The molecule has 0 aliphatic carbocycles. The number of amides is 2. The lowest BCUT2D eigenvalue weighted by Gasteiger charge is -2.21. The van der Waals surface area contributed by atoms with Crippen molar-refractivity contribution in [1.82, 2.24) is 10.2 Å². The molecule has 110 valence electrons. The minimum Gasteiger partial charge on any atom is -0.352 e. The topological polar surface area (TPSA) is 49.4 Å². The maximum absolute atomic E-state index is 13.2. The predicted octanol–water partition coefficient (Wildman–Crippen LogP) is 2.12. The van der Waals surface area contributed by atoms with E-state index in [2.05, 4.69) is 5.32 Å². The maximum Gasteiger partial charge on any atom is 0.254 e. The molecule has 1 aromatic carbocycles. The van der Waals surface area contributed by atoms with E-state index in [-0.39, 0.29) is 30.2 Å². The lowest BCUT2D eigenvalue weighted by atomic mass is 10.1. The first-order chi connectivity index (χ1) is 9.35. The molecule has 0 aliphatic rings. The Morgan fingerprint density at radius 2 is 2.00 bits per heavy atom. The van der Waals surface area contributed by atoms with Crippen LogP contribution >= 0.6 is 0 Å². The molecule has 1 aromatic rings. The summed E-state index contributed by atoms with van der Waals surface area (Å²) in [5, 5.41) is 2.74. The summed E-state index contributed by atoms with van der Waals surface area (Å²) in [6.07, 6.45) is 0. The fourth-order valence-corrected chi connectivity index (χ4v) is 1.83. The van der Waals surface area contributed by atoms with Crippen molar-refractivity contribution in [2.24, 2.45) is 0 Å². The number of hydrogen-bond donors (Lipinski definition) is 1. The Labute approximate surface area is 119 Å². The van der Waals surface area contributed by atoms with Gasteiger partial charge >= 0.3 is 0 Å². The van der Waals surface area contributed by atoms with Crippen LogP contribution in [-0.4, -0.2) is 35.8 Å². The molecule has 0 bridgehead atoms. The van der Waals surface area contributed by atoms with Crippen LogP contribution in [-0.2, 0) is 4.79 Å². The molecule has 0 aromatic heterocycles. The van der Waals surface area contributed by atoms with Crippen LogP contribution in [0.25, 0.3) is 0 Å². The van der Waals surface area contributed by atoms with Crippen molar-refractivity contribution in [1.29, 1.82) is 0 Å². The van der Waals surface area contributed by atoms with Gasteiger partial charge in [-0.1, -0.05) is 0 Å². The highest BCUT2D eigenvalue weighted by Crippen LogP contribution is 2.11. The van der Waals surface area contributed by atoms with Crippen LogP contribution in [0.5, 0.6) is 0 Å². The van der Waals surface area contributed by atoms with Crippen molar-refractivity contribution in [2.75, 3.05) is 13.1 Å². The summed E-state index contributed by atoms with van der Waals surface area (Å²) >= 11 is 0. The largest absolute Gasteiger partial charge is 0.352 e. The molecule has 0 atom stereocenters. The van der Waals surface area contributed by atoms with E-state index in [0.717, 1.165) is 0 Å². The van der Waals surface area contributed by atoms with Crippen molar-refractivity contribution in [2.45, 2.75) is 33.7 Å². The van der Waals surface area contributed by atoms with Gasteiger partial charge in [-0.2, -0.15) is 0 Å². The lowest BCUT2D eigenvalue weighted by Crippen LogP contribution is -2.42. The van der Waals surface area contributed by atoms with Gasteiger partial charge in [0.2, 0.25) is 5.91 Å². The standard InChI is InChI=1S/C15H21FN2O2/c1-5-18(9-14(19)17-10(2)3)15(20)12-6-7-13(16)11(4)8-12/h6-8,10H,5,9H2,1-4H3,(H,17,19). The molecule has 0 aliphatic heterocycles. The number of hydrogen-bond acceptors (Lipinski definition) is 2. The van der Waals surface area contributed by atoms with Gasteiger partial charge in [0.05, 0.1) is 6.54 Å². The van der Waals surface area contributed by atoms with E-state index in [9.17, 15) is 14.0 Å². The summed E-state index contributed by atoms with van der Waals surface area (Å²) in [5.74, 6) is -0.814. The SMILES string of the molecule is CCN(CC(=O)NC(C)C)C(=O)c1ccc(F)c(C)c1. The van der Waals surface area contributed by atoms with Crippen LogP contribution in [0, 0.1) is 12.7 Å². The zero-order valence-electron chi connectivity index (χ0n) is 12.4. The van der Waals surface area contributed by atoms with E-state index in [1.54, 1.807) is 13.8 Å². The van der Waals surface area contributed by atoms with E-state index in [1.165, 1.54) is 23.1 Å². The summed E-state index contributed by atoms with van der Waals surface area (Å²) < 4.78 is 13.2. The van der Waals surface area contributed by atoms with Crippen molar-refractivity contribution < 1.29 is 14.0 Å². The molecule has 1 N–H and O–H groups in total. The highest BCUT2D eigenvalue weighted by atomic mass is 19.1. The van der Waals surface area contributed by atoms with Gasteiger partial charge in [-0.15, -0.1) is 0 Å². The van der Waals surface area contributed by atoms with Gasteiger partial charge < -0.3 is 10.2 Å². The van der Waals surface area contributed by atoms with E-state index in [1.807, 2.05) is 13.8 Å². The van der Waals surface area contributed by atoms with Gasteiger partial charge in [0.15, 0.2) is 0 Å². The number of nitrogens with one attached hydrogen (secondary N) is 1. The van der Waals surface area contributed by atoms with Crippen LogP contribution in [0.2, 0.25) is 0 Å². The monoisotopic (exact) mass is 280 g/mol. The molecule has 0 heterocycles. The summed E-state index contributed by atoms with van der Waals surface area (Å²) in [6, 6.07) is 4.24.